The predicted octanol–water partition coefficient (Wildman–Crippen LogP) is 2.84. The van der Waals surface area contributed by atoms with Crippen molar-refractivity contribution < 1.29 is 4.74 Å². The molecule has 0 aliphatic heterocycles. The third kappa shape index (κ3) is 5.24. The summed E-state index contributed by atoms with van der Waals surface area (Å²) in [6, 6.07) is 12.2. The molecular weight excluding hydrogens is 349 g/mol. The first-order valence-corrected chi connectivity index (χ1v) is 9.22. The van der Waals surface area contributed by atoms with E-state index < -0.39 is 0 Å². The van der Waals surface area contributed by atoms with Crippen molar-refractivity contribution in [2.45, 2.75) is 38.6 Å². The van der Waals surface area contributed by atoms with E-state index in [2.05, 4.69) is 44.3 Å². The summed E-state index contributed by atoms with van der Waals surface area (Å²) in [6.45, 7) is 1.51. The molecule has 1 heterocycles. The van der Waals surface area contributed by atoms with E-state index in [4.69, 9.17) is 4.74 Å². The molecule has 2 radical (unpaired) electrons. The van der Waals surface area contributed by atoms with Crippen LogP contribution in [0.25, 0.3) is 0 Å². The summed E-state index contributed by atoms with van der Waals surface area (Å²) in [5.41, 5.74) is 1.22. The Balaban J connectivity index is 1.57. The molecule has 1 aliphatic carbocycles. The van der Waals surface area contributed by atoms with Crippen LogP contribution in [0.2, 0.25) is 0 Å². The van der Waals surface area contributed by atoms with Gasteiger partial charge in [-0.05, 0) is 0 Å². The van der Waals surface area contributed by atoms with Crippen molar-refractivity contribution in [3.63, 3.8) is 0 Å². The zero-order valence-electron chi connectivity index (χ0n) is 13.2. The van der Waals surface area contributed by atoms with Crippen LogP contribution in [0, 0.1) is 5.92 Å². The number of benzene rings is 1. The van der Waals surface area contributed by atoms with E-state index in [1.807, 2.05) is 24.3 Å². The van der Waals surface area contributed by atoms with Gasteiger partial charge in [-0.25, -0.2) is 0 Å². The standard InChI is InChI=1S/C18H22AsN3O/c19-18-21-16(20-12-14-7-3-1-4-8-14)11-17(22-18)23-13-15-9-5-2-6-10-15/h1,3-4,7-8,11,15H,2,5-6,9-10,12-13H2,(H,20,21,22). The molecule has 0 unspecified atom stereocenters. The van der Waals surface area contributed by atoms with Crippen LogP contribution in [-0.2, 0) is 6.54 Å². The quantitative estimate of drug-likeness (QED) is 0.794. The maximum absolute atomic E-state index is 5.92. The Morgan fingerprint density at radius 3 is 2.65 bits per heavy atom. The van der Waals surface area contributed by atoms with E-state index in [9.17, 15) is 0 Å². The molecule has 1 N–H and O–H groups in total. The molecule has 1 fully saturated rings. The van der Waals surface area contributed by atoms with Gasteiger partial charge in [0.1, 0.15) is 0 Å². The van der Waals surface area contributed by atoms with Crippen LogP contribution in [0.1, 0.15) is 37.7 Å². The zero-order chi connectivity index (χ0) is 15.9. The Morgan fingerprint density at radius 1 is 1.09 bits per heavy atom. The van der Waals surface area contributed by atoms with Crippen LogP contribution < -0.4 is 14.7 Å². The Labute approximate surface area is 146 Å². The Morgan fingerprint density at radius 2 is 1.87 bits per heavy atom. The number of hydrogen-bond acceptors (Lipinski definition) is 4. The van der Waals surface area contributed by atoms with Crippen molar-refractivity contribution in [3.8, 4) is 5.88 Å². The van der Waals surface area contributed by atoms with Crippen molar-refractivity contribution in [2.75, 3.05) is 11.9 Å². The van der Waals surface area contributed by atoms with Gasteiger partial charge in [0.15, 0.2) is 0 Å². The van der Waals surface area contributed by atoms with Crippen molar-refractivity contribution >= 4 is 27.3 Å². The third-order valence-corrected chi connectivity index (χ3v) is 4.62. The fraction of sp³-hybridized carbons (Fsp3) is 0.444. The monoisotopic (exact) mass is 371 g/mol. The maximum atomic E-state index is 5.92. The van der Waals surface area contributed by atoms with Gasteiger partial charge in [0, 0.05) is 0 Å². The second-order valence-electron chi connectivity index (χ2n) is 6.05. The number of hydrogen-bond donors (Lipinski definition) is 1. The average Bonchev–Trinajstić information content (AvgIpc) is 2.60. The van der Waals surface area contributed by atoms with Gasteiger partial charge in [-0.3, -0.25) is 0 Å². The summed E-state index contributed by atoms with van der Waals surface area (Å²) in [5.74, 6) is 2.14. The molecule has 4 nitrogen and oxygen atoms in total. The molecule has 5 heteroatoms. The van der Waals surface area contributed by atoms with E-state index >= 15 is 0 Å². The Hall–Kier alpha value is -1.54. The Bertz CT molecular complexity index is 615. The molecule has 1 aliphatic rings. The molecule has 1 aromatic heterocycles. The van der Waals surface area contributed by atoms with Crippen molar-refractivity contribution in [2.24, 2.45) is 5.92 Å². The van der Waals surface area contributed by atoms with E-state index in [1.165, 1.54) is 37.7 Å². The topological polar surface area (TPSA) is 47.0 Å². The van der Waals surface area contributed by atoms with Gasteiger partial charge in [-0.1, -0.05) is 0 Å². The summed E-state index contributed by atoms with van der Waals surface area (Å²) in [6.07, 6.45) is 6.59. The molecule has 0 spiro atoms. The van der Waals surface area contributed by atoms with E-state index in [0.717, 1.165) is 19.0 Å². The summed E-state index contributed by atoms with van der Waals surface area (Å²) in [7, 11) is 0. The van der Waals surface area contributed by atoms with Crippen LogP contribution in [0.5, 0.6) is 5.88 Å². The summed E-state index contributed by atoms with van der Waals surface area (Å²) in [4.78, 5) is 8.79. The number of rotatable bonds is 6. The molecule has 120 valence electrons. The SMILES string of the molecule is [As]c1nc(NCc2ccccc2)cc(OCC2CCCCC2)n1. The first-order valence-electron chi connectivity index (χ1n) is 8.28. The van der Waals surface area contributed by atoms with E-state index in [0.29, 0.717) is 16.4 Å². The molecular formula is C18H22AsN3O. The van der Waals surface area contributed by atoms with Crippen molar-refractivity contribution in [3.05, 3.63) is 42.0 Å². The summed E-state index contributed by atoms with van der Waals surface area (Å²) < 4.78 is 6.59. The number of nitrogens with zero attached hydrogens (tertiary/aromatic N) is 2. The molecule has 0 atom stereocenters. The first-order chi connectivity index (χ1) is 11.3. The fourth-order valence-corrected chi connectivity index (χ4v) is 3.36. The van der Waals surface area contributed by atoms with Gasteiger partial charge in [-0.15, -0.1) is 0 Å². The van der Waals surface area contributed by atoms with Gasteiger partial charge in [-0.2, -0.15) is 0 Å². The summed E-state index contributed by atoms with van der Waals surface area (Å²) in [5, 5.41) is 3.34. The number of ether oxygens (including phenoxy) is 1. The number of anilines is 1. The second-order valence-corrected chi connectivity index (χ2v) is 6.88. The van der Waals surface area contributed by atoms with Gasteiger partial charge in [0.05, 0.1) is 0 Å². The Kier molecular flexibility index (Phi) is 5.93. The summed E-state index contributed by atoms with van der Waals surface area (Å²) >= 11 is 2.39. The zero-order valence-corrected chi connectivity index (χ0v) is 15.1. The van der Waals surface area contributed by atoms with Crippen LogP contribution in [0.3, 0.4) is 0 Å². The fourth-order valence-electron chi connectivity index (χ4n) is 2.92. The molecule has 1 aromatic carbocycles. The van der Waals surface area contributed by atoms with Gasteiger partial charge >= 0.3 is 146 Å². The molecule has 2 aromatic rings. The van der Waals surface area contributed by atoms with Gasteiger partial charge in [0.2, 0.25) is 0 Å². The van der Waals surface area contributed by atoms with Crippen LogP contribution >= 0.6 is 0 Å². The number of aromatic nitrogens is 2. The van der Waals surface area contributed by atoms with Crippen LogP contribution in [0.15, 0.2) is 36.4 Å². The predicted molar refractivity (Wildman–Crippen MR) is 93.3 cm³/mol. The molecule has 1 saturated carbocycles. The molecule has 0 amide bonds. The third-order valence-electron chi connectivity index (χ3n) is 4.20. The number of nitrogens with one attached hydrogen (secondary N) is 1. The van der Waals surface area contributed by atoms with Crippen LogP contribution in [-0.4, -0.2) is 33.4 Å². The van der Waals surface area contributed by atoms with Crippen LogP contribution in [0.4, 0.5) is 5.82 Å². The normalized spacial score (nSPS) is 15.3. The molecule has 3 rings (SSSR count). The van der Waals surface area contributed by atoms with Crippen molar-refractivity contribution in [1.29, 1.82) is 0 Å². The van der Waals surface area contributed by atoms with E-state index in [-0.39, 0.29) is 0 Å². The molecule has 0 saturated heterocycles. The van der Waals surface area contributed by atoms with Gasteiger partial charge in [0.25, 0.3) is 0 Å². The average molecular weight is 371 g/mol. The minimum atomic E-state index is 0.664. The first kappa shape index (κ1) is 16.3. The second kappa shape index (κ2) is 8.35. The molecule has 23 heavy (non-hydrogen) atoms. The van der Waals surface area contributed by atoms with E-state index in [1.54, 1.807) is 0 Å². The van der Waals surface area contributed by atoms with Crippen molar-refractivity contribution in [1.82, 2.24) is 9.97 Å². The minimum absolute atomic E-state index is 0.664. The van der Waals surface area contributed by atoms with Gasteiger partial charge < -0.3 is 0 Å². The molecule has 0 bridgehead atoms.